The van der Waals surface area contributed by atoms with Crippen LogP contribution in [-0.4, -0.2) is 49.4 Å². The van der Waals surface area contributed by atoms with Crippen LogP contribution in [0, 0.1) is 11.3 Å². The predicted molar refractivity (Wildman–Crippen MR) is 112 cm³/mol. The first-order valence-electron chi connectivity index (χ1n) is 9.99. The number of benzene rings is 2. The van der Waals surface area contributed by atoms with Crippen LogP contribution in [0.4, 0.5) is 5.69 Å². The van der Waals surface area contributed by atoms with Crippen molar-refractivity contribution >= 4 is 23.4 Å². The van der Waals surface area contributed by atoms with Crippen LogP contribution >= 0.6 is 0 Å². The van der Waals surface area contributed by atoms with Crippen molar-refractivity contribution in [2.75, 3.05) is 31.6 Å². The quantitative estimate of drug-likeness (QED) is 0.787. The Kier molecular flexibility index (Phi) is 5.20. The maximum absolute atomic E-state index is 13.0. The van der Waals surface area contributed by atoms with Gasteiger partial charge in [0.2, 0.25) is 17.7 Å². The van der Waals surface area contributed by atoms with E-state index in [1.807, 2.05) is 48.5 Å². The standard InChI is InChI=1S/C23H25N3O4/c1-30-19-10-6-5-9-18(19)26-13-17(11-20(26)27)21(28)25-14-23(15-25,22(24)29)12-16-7-3-2-4-8-16/h2-10,17H,11-15H2,1H3,(H2,24,29). The molecule has 1 unspecified atom stereocenters. The number of likely N-dealkylation sites (tertiary alicyclic amines) is 1. The number of hydrogen-bond donors (Lipinski definition) is 1. The van der Waals surface area contributed by atoms with Crippen molar-refractivity contribution < 1.29 is 19.1 Å². The van der Waals surface area contributed by atoms with Gasteiger partial charge in [-0.15, -0.1) is 0 Å². The topological polar surface area (TPSA) is 92.9 Å². The van der Waals surface area contributed by atoms with E-state index in [4.69, 9.17) is 10.5 Å². The van der Waals surface area contributed by atoms with Crippen molar-refractivity contribution in [3.63, 3.8) is 0 Å². The molecule has 0 bridgehead atoms. The molecule has 3 amide bonds. The SMILES string of the molecule is COc1ccccc1N1CC(C(=O)N2CC(Cc3ccccc3)(C(N)=O)C2)CC1=O. The van der Waals surface area contributed by atoms with E-state index in [1.165, 1.54) is 0 Å². The van der Waals surface area contributed by atoms with E-state index in [9.17, 15) is 14.4 Å². The number of para-hydroxylation sites is 2. The predicted octanol–water partition coefficient (Wildman–Crippen LogP) is 1.60. The lowest BCUT2D eigenvalue weighted by Crippen LogP contribution is -2.65. The van der Waals surface area contributed by atoms with Crippen molar-refractivity contribution in [1.82, 2.24) is 4.90 Å². The highest BCUT2D eigenvalue weighted by molar-refractivity contribution is 6.01. The molecule has 30 heavy (non-hydrogen) atoms. The van der Waals surface area contributed by atoms with Gasteiger partial charge in [0.1, 0.15) is 5.75 Å². The van der Waals surface area contributed by atoms with Crippen LogP contribution in [0.5, 0.6) is 5.75 Å². The number of methoxy groups -OCH3 is 1. The number of carbonyl (C=O) groups is 3. The van der Waals surface area contributed by atoms with Gasteiger partial charge in [-0.25, -0.2) is 0 Å². The lowest BCUT2D eigenvalue weighted by atomic mass is 9.73. The summed E-state index contributed by atoms with van der Waals surface area (Å²) < 4.78 is 5.35. The highest BCUT2D eigenvalue weighted by atomic mass is 16.5. The van der Waals surface area contributed by atoms with Gasteiger partial charge in [-0.05, 0) is 24.1 Å². The first-order valence-corrected chi connectivity index (χ1v) is 9.99. The summed E-state index contributed by atoms with van der Waals surface area (Å²) in [5.74, 6) is -0.452. The number of rotatable bonds is 6. The van der Waals surface area contributed by atoms with Crippen molar-refractivity contribution in [3.05, 3.63) is 60.2 Å². The van der Waals surface area contributed by atoms with Crippen LogP contribution in [0.3, 0.4) is 0 Å². The summed E-state index contributed by atoms with van der Waals surface area (Å²) in [6.07, 6.45) is 0.652. The Morgan fingerprint density at radius 1 is 1.10 bits per heavy atom. The number of carbonyl (C=O) groups excluding carboxylic acids is 3. The number of hydrogen-bond acceptors (Lipinski definition) is 4. The van der Waals surface area contributed by atoms with Crippen molar-refractivity contribution in [2.24, 2.45) is 17.1 Å². The molecule has 156 valence electrons. The molecule has 1 atom stereocenters. The molecular weight excluding hydrogens is 382 g/mol. The molecule has 4 rings (SSSR count). The van der Waals surface area contributed by atoms with Crippen LogP contribution in [0.2, 0.25) is 0 Å². The van der Waals surface area contributed by atoms with Gasteiger partial charge in [-0.2, -0.15) is 0 Å². The number of primary amides is 1. The van der Waals surface area contributed by atoms with Gasteiger partial charge in [0.05, 0.1) is 24.1 Å². The third-order valence-corrected chi connectivity index (χ3v) is 6.06. The summed E-state index contributed by atoms with van der Waals surface area (Å²) in [7, 11) is 1.55. The second kappa shape index (κ2) is 7.82. The van der Waals surface area contributed by atoms with E-state index in [-0.39, 0.29) is 31.3 Å². The second-order valence-corrected chi connectivity index (χ2v) is 8.08. The molecule has 2 aromatic rings. The maximum atomic E-state index is 13.0. The van der Waals surface area contributed by atoms with Gasteiger partial charge in [0.15, 0.2) is 0 Å². The fourth-order valence-corrected chi connectivity index (χ4v) is 4.40. The van der Waals surface area contributed by atoms with Gasteiger partial charge in [-0.1, -0.05) is 42.5 Å². The molecule has 7 nitrogen and oxygen atoms in total. The Morgan fingerprint density at radius 3 is 2.43 bits per heavy atom. The minimum atomic E-state index is -0.748. The molecule has 2 aromatic carbocycles. The Hall–Kier alpha value is -3.35. The molecule has 2 N–H and O–H groups in total. The Bertz CT molecular complexity index is 969. The van der Waals surface area contributed by atoms with E-state index >= 15 is 0 Å². The Balaban J connectivity index is 1.43. The molecule has 7 heteroatoms. The molecule has 2 saturated heterocycles. The number of amides is 3. The highest BCUT2D eigenvalue weighted by Gasteiger charge is 2.51. The zero-order chi connectivity index (χ0) is 21.3. The largest absolute Gasteiger partial charge is 0.495 e. The smallest absolute Gasteiger partial charge is 0.228 e. The van der Waals surface area contributed by atoms with E-state index in [0.717, 1.165) is 5.56 Å². The number of ether oxygens (including phenoxy) is 1. The van der Waals surface area contributed by atoms with Gasteiger partial charge in [-0.3, -0.25) is 14.4 Å². The van der Waals surface area contributed by atoms with Gasteiger partial charge < -0.3 is 20.3 Å². The van der Waals surface area contributed by atoms with Crippen LogP contribution in [0.1, 0.15) is 12.0 Å². The zero-order valence-electron chi connectivity index (χ0n) is 16.9. The van der Waals surface area contributed by atoms with E-state index in [1.54, 1.807) is 23.0 Å². The lowest BCUT2D eigenvalue weighted by molar-refractivity contribution is -0.154. The zero-order valence-corrected chi connectivity index (χ0v) is 16.9. The Morgan fingerprint density at radius 2 is 1.77 bits per heavy atom. The Labute approximate surface area is 175 Å². The molecular formula is C23H25N3O4. The molecule has 2 fully saturated rings. The van der Waals surface area contributed by atoms with Crippen molar-refractivity contribution in [1.29, 1.82) is 0 Å². The summed E-state index contributed by atoms with van der Waals surface area (Å²) in [4.78, 5) is 41.0. The van der Waals surface area contributed by atoms with E-state index < -0.39 is 17.2 Å². The van der Waals surface area contributed by atoms with Crippen LogP contribution in [-0.2, 0) is 20.8 Å². The normalized spacial score (nSPS) is 20.0. The summed E-state index contributed by atoms with van der Waals surface area (Å²) in [6.45, 7) is 0.877. The minimum Gasteiger partial charge on any atom is -0.495 e. The molecule has 2 aliphatic heterocycles. The molecule has 0 spiro atoms. The first kappa shape index (κ1) is 19.9. The van der Waals surface area contributed by atoms with Crippen molar-refractivity contribution in [2.45, 2.75) is 12.8 Å². The van der Waals surface area contributed by atoms with Gasteiger partial charge >= 0.3 is 0 Å². The summed E-state index contributed by atoms with van der Waals surface area (Å²) in [5, 5.41) is 0. The molecule has 2 heterocycles. The lowest BCUT2D eigenvalue weighted by Gasteiger charge is -2.49. The number of anilines is 1. The summed E-state index contributed by atoms with van der Waals surface area (Å²) >= 11 is 0. The second-order valence-electron chi connectivity index (χ2n) is 8.08. The summed E-state index contributed by atoms with van der Waals surface area (Å²) in [6, 6.07) is 16.9. The average molecular weight is 407 g/mol. The number of nitrogens with zero attached hydrogens (tertiary/aromatic N) is 2. The third kappa shape index (κ3) is 3.51. The van der Waals surface area contributed by atoms with Gasteiger partial charge in [0.25, 0.3) is 0 Å². The summed E-state index contributed by atoms with van der Waals surface area (Å²) in [5.41, 5.74) is 6.63. The van der Waals surface area contributed by atoms with E-state index in [2.05, 4.69) is 0 Å². The van der Waals surface area contributed by atoms with E-state index in [0.29, 0.717) is 24.4 Å². The number of nitrogens with two attached hydrogens (primary N) is 1. The minimum absolute atomic E-state index is 0.106. The third-order valence-electron chi connectivity index (χ3n) is 6.06. The molecule has 0 radical (unpaired) electrons. The first-order chi connectivity index (χ1) is 14.4. The highest BCUT2D eigenvalue weighted by Crippen LogP contribution is 2.38. The average Bonchev–Trinajstić information content (AvgIpc) is 3.12. The molecule has 0 aromatic heterocycles. The fraction of sp³-hybridized carbons (Fsp3) is 0.348. The van der Waals surface area contributed by atoms with Crippen LogP contribution < -0.4 is 15.4 Å². The molecule has 2 aliphatic rings. The molecule has 0 saturated carbocycles. The fourth-order valence-electron chi connectivity index (χ4n) is 4.40. The van der Waals surface area contributed by atoms with Crippen molar-refractivity contribution in [3.8, 4) is 5.75 Å². The van der Waals surface area contributed by atoms with Crippen LogP contribution in [0.25, 0.3) is 0 Å². The van der Waals surface area contributed by atoms with Crippen LogP contribution in [0.15, 0.2) is 54.6 Å². The maximum Gasteiger partial charge on any atom is 0.228 e. The molecule has 0 aliphatic carbocycles. The van der Waals surface area contributed by atoms with Gasteiger partial charge in [0, 0.05) is 26.1 Å². The monoisotopic (exact) mass is 407 g/mol.